The summed E-state index contributed by atoms with van der Waals surface area (Å²) in [7, 11) is 0. The first kappa shape index (κ1) is 13.6. The molecule has 4 heteroatoms. The van der Waals surface area contributed by atoms with Crippen LogP contribution in [0.2, 0.25) is 0 Å². The molecule has 1 unspecified atom stereocenters. The van der Waals surface area contributed by atoms with Crippen LogP contribution in [0.15, 0.2) is 22.8 Å². The van der Waals surface area contributed by atoms with Gasteiger partial charge in [0.1, 0.15) is 5.76 Å². The summed E-state index contributed by atoms with van der Waals surface area (Å²) >= 11 is 0. The minimum absolute atomic E-state index is 0.0291. The van der Waals surface area contributed by atoms with E-state index in [1.165, 1.54) is 0 Å². The molecule has 0 aliphatic carbocycles. The number of ether oxygens (including phenoxy) is 1. The Kier molecular flexibility index (Phi) is 4.43. The zero-order chi connectivity index (χ0) is 13.0. The standard InChI is InChI=1S/C14H24N2O2/c1-12-10-16(11-14(2,3)18-12)7-6-15-9-13-5-4-8-17-13/h4-5,8,12,15H,6-7,9-11H2,1-3H3. The zero-order valence-corrected chi connectivity index (χ0v) is 11.6. The normalized spacial score (nSPS) is 24.3. The van der Waals surface area contributed by atoms with Crippen molar-refractivity contribution in [3.8, 4) is 0 Å². The number of hydrogen-bond donors (Lipinski definition) is 1. The number of nitrogens with zero attached hydrogens (tertiary/aromatic N) is 1. The van der Waals surface area contributed by atoms with Crippen LogP contribution in [0.3, 0.4) is 0 Å². The van der Waals surface area contributed by atoms with Crippen molar-refractivity contribution in [1.29, 1.82) is 0 Å². The Morgan fingerprint density at radius 1 is 1.50 bits per heavy atom. The fourth-order valence-corrected chi connectivity index (χ4v) is 2.62. The second-order valence-corrected chi connectivity index (χ2v) is 5.68. The fraction of sp³-hybridized carbons (Fsp3) is 0.714. The predicted molar refractivity (Wildman–Crippen MR) is 71.5 cm³/mol. The van der Waals surface area contributed by atoms with E-state index in [-0.39, 0.29) is 5.60 Å². The highest BCUT2D eigenvalue weighted by Crippen LogP contribution is 2.20. The Morgan fingerprint density at radius 2 is 2.33 bits per heavy atom. The lowest BCUT2D eigenvalue weighted by molar-refractivity contribution is -0.128. The van der Waals surface area contributed by atoms with Gasteiger partial charge in [-0.1, -0.05) is 0 Å². The van der Waals surface area contributed by atoms with Gasteiger partial charge < -0.3 is 14.5 Å². The van der Waals surface area contributed by atoms with Crippen LogP contribution in [0.1, 0.15) is 26.5 Å². The number of nitrogens with one attached hydrogen (secondary N) is 1. The van der Waals surface area contributed by atoms with E-state index in [1.54, 1.807) is 6.26 Å². The molecule has 0 radical (unpaired) electrons. The van der Waals surface area contributed by atoms with Crippen LogP contribution in [-0.2, 0) is 11.3 Å². The molecule has 1 saturated heterocycles. The minimum atomic E-state index is -0.0291. The van der Waals surface area contributed by atoms with E-state index in [0.29, 0.717) is 6.10 Å². The molecule has 1 N–H and O–H groups in total. The summed E-state index contributed by atoms with van der Waals surface area (Å²) in [6, 6.07) is 3.91. The summed E-state index contributed by atoms with van der Waals surface area (Å²) in [5.74, 6) is 0.991. The number of furan rings is 1. The van der Waals surface area contributed by atoms with Gasteiger partial charge in [0.25, 0.3) is 0 Å². The summed E-state index contributed by atoms with van der Waals surface area (Å²) < 4.78 is 11.2. The van der Waals surface area contributed by atoms with Crippen molar-refractivity contribution in [2.24, 2.45) is 0 Å². The molecule has 2 rings (SSSR count). The van der Waals surface area contributed by atoms with E-state index in [1.807, 2.05) is 12.1 Å². The first-order valence-electron chi connectivity index (χ1n) is 6.68. The highest BCUT2D eigenvalue weighted by Gasteiger charge is 2.30. The van der Waals surface area contributed by atoms with Crippen LogP contribution in [-0.4, -0.2) is 42.8 Å². The second kappa shape index (κ2) is 5.87. The van der Waals surface area contributed by atoms with Crippen molar-refractivity contribution in [3.63, 3.8) is 0 Å². The van der Waals surface area contributed by atoms with E-state index in [9.17, 15) is 0 Å². The summed E-state index contributed by atoms with van der Waals surface area (Å²) in [4.78, 5) is 2.46. The van der Waals surface area contributed by atoms with Gasteiger partial charge in [-0.15, -0.1) is 0 Å². The van der Waals surface area contributed by atoms with Crippen LogP contribution >= 0.6 is 0 Å². The van der Waals surface area contributed by atoms with Gasteiger partial charge in [-0.25, -0.2) is 0 Å². The third kappa shape index (κ3) is 4.12. The number of morpholine rings is 1. The van der Waals surface area contributed by atoms with Crippen LogP contribution < -0.4 is 5.32 Å². The molecule has 1 fully saturated rings. The molecule has 0 amide bonds. The maximum absolute atomic E-state index is 5.89. The highest BCUT2D eigenvalue weighted by molar-refractivity contribution is 4.97. The van der Waals surface area contributed by atoms with Gasteiger partial charge in [0.15, 0.2) is 0 Å². The summed E-state index contributed by atoms with van der Waals surface area (Å²) in [6.07, 6.45) is 2.03. The smallest absolute Gasteiger partial charge is 0.117 e. The molecule has 1 aliphatic heterocycles. The zero-order valence-electron chi connectivity index (χ0n) is 11.6. The quantitative estimate of drug-likeness (QED) is 0.812. The van der Waals surface area contributed by atoms with Gasteiger partial charge >= 0.3 is 0 Å². The van der Waals surface area contributed by atoms with Crippen molar-refractivity contribution >= 4 is 0 Å². The molecule has 2 heterocycles. The van der Waals surface area contributed by atoms with Gasteiger partial charge in [-0.2, -0.15) is 0 Å². The molecule has 102 valence electrons. The lowest BCUT2D eigenvalue weighted by Crippen LogP contribution is -2.53. The van der Waals surface area contributed by atoms with Gasteiger partial charge in [0, 0.05) is 26.2 Å². The molecule has 4 nitrogen and oxygen atoms in total. The topological polar surface area (TPSA) is 37.6 Å². The summed E-state index contributed by atoms with van der Waals surface area (Å²) in [5.41, 5.74) is -0.0291. The first-order valence-corrected chi connectivity index (χ1v) is 6.68. The fourth-order valence-electron chi connectivity index (χ4n) is 2.62. The van der Waals surface area contributed by atoms with Gasteiger partial charge in [0.05, 0.1) is 24.5 Å². The SMILES string of the molecule is CC1CN(CCNCc2ccco2)CC(C)(C)O1. The van der Waals surface area contributed by atoms with Crippen LogP contribution in [0.25, 0.3) is 0 Å². The largest absolute Gasteiger partial charge is 0.468 e. The van der Waals surface area contributed by atoms with Crippen LogP contribution in [0.4, 0.5) is 0 Å². The van der Waals surface area contributed by atoms with Gasteiger partial charge in [-0.05, 0) is 32.9 Å². The Bertz CT molecular complexity index is 349. The van der Waals surface area contributed by atoms with Gasteiger partial charge in [0.2, 0.25) is 0 Å². The molecule has 1 atom stereocenters. The molecular formula is C14H24N2O2. The van der Waals surface area contributed by atoms with Crippen molar-refractivity contribution in [3.05, 3.63) is 24.2 Å². The molecule has 1 aromatic rings. The van der Waals surface area contributed by atoms with Crippen molar-refractivity contribution in [2.75, 3.05) is 26.2 Å². The third-order valence-corrected chi connectivity index (χ3v) is 3.12. The summed E-state index contributed by atoms with van der Waals surface area (Å²) in [6.45, 7) is 11.3. The molecule has 0 aromatic carbocycles. The second-order valence-electron chi connectivity index (χ2n) is 5.68. The average molecular weight is 252 g/mol. The molecule has 0 spiro atoms. The van der Waals surface area contributed by atoms with E-state index in [2.05, 4.69) is 31.0 Å². The maximum atomic E-state index is 5.89. The molecule has 1 aromatic heterocycles. The van der Waals surface area contributed by atoms with Crippen molar-refractivity contribution < 1.29 is 9.15 Å². The van der Waals surface area contributed by atoms with Crippen LogP contribution in [0, 0.1) is 0 Å². The lowest BCUT2D eigenvalue weighted by Gasteiger charge is -2.41. The lowest BCUT2D eigenvalue weighted by atomic mass is 10.1. The van der Waals surface area contributed by atoms with Crippen molar-refractivity contribution in [1.82, 2.24) is 10.2 Å². The highest BCUT2D eigenvalue weighted by atomic mass is 16.5. The molecule has 1 aliphatic rings. The maximum Gasteiger partial charge on any atom is 0.117 e. The Hall–Kier alpha value is -0.840. The monoisotopic (exact) mass is 252 g/mol. The summed E-state index contributed by atoms with van der Waals surface area (Å²) in [5, 5.41) is 3.40. The van der Waals surface area contributed by atoms with Crippen molar-refractivity contribution in [2.45, 2.75) is 39.0 Å². The number of rotatable bonds is 5. The Labute approximate surface area is 109 Å². The van der Waals surface area contributed by atoms with E-state index >= 15 is 0 Å². The van der Waals surface area contributed by atoms with Gasteiger partial charge in [-0.3, -0.25) is 4.90 Å². The Morgan fingerprint density at radius 3 is 3.00 bits per heavy atom. The minimum Gasteiger partial charge on any atom is -0.468 e. The average Bonchev–Trinajstić information content (AvgIpc) is 2.74. The van der Waals surface area contributed by atoms with Crippen LogP contribution in [0.5, 0.6) is 0 Å². The molecule has 0 saturated carbocycles. The van der Waals surface area contributed by atoms with E-state index in [0.717, 1.165) is 38.5 Å². The third-order valence-electron chi connectivity index (χ3n) is 3.12. The Balaban J connectivity index is 1.67. The van der Waals surface area contributed by atoms with E-state index in [4.69, 9.17) is 9.15 Å². The first-order chi connectivity index (χ1) is 8.55. The molecular weight excluding hydrogens is 228 g/mol. The predicted octanol–water partition coefficient (Wildman–Crippen LogP) is 1.87. The molecule has 0 bridgehead atoms. The molecule has 18 heavy (non-hydrogen) atoms. The van der Waals surface area contributed by atoms with E-state index < -0.39 is 0 Å². The number of hydrogen-bond acceptors (Lipinski definition) is 4.